The van der Waals surface area contributed by atoms with Crippen LogP contribution in [0, 0.1) is 0 Å². The van der Waals surface area contributed by atoms with Crippen molar-refractivity contribution >= 4 is 11.9 Å². The SMILES string of the molecule is COCC(C)NC(=O)Cn1nnc(C(=O)O)c1C(C)(C)C. The van der Waals surface area contributed by atoms with Crippen molar-refractivity contribution in [2.24, 2.45) is 0 Å². The number of aromatic carboxylic acids is 1. The van der Waals surface area contributed by atoms with Crippen molar-refractivity contribution in [3.8, 4) is 0 Å². The average molecular weight is 298 g/mol. The number of methoxy groups -OCH3 is 1. The van der Waals surface area contributed by atoms with Gasteiger partial charge in [0.25, 0.3) is 0 Å². The third-order valence-corrected chi connectivity index (χ3v) is 2.77. The molecule has 0 aliphatic rings. The van der Waals surface area contributed by atoms with E-state index in [0.717, 1.165) is 0 Å². The number of carboxylic acid groups (broad SMARTS) is 1. The van der Waals surface area contributed by atoms with Gasteiger partial charge in [-0.1, -0.05) is 26.0 Å². The molecule has 8 nitrogen and oxygen atoms in total. The second-order valence-electron chi connectivity index (χ2n) is 5.92. The van der Waals surface area contributed by atoms with Crippen LogP contribution in [-0.4, -0.2) is 51.7 Å². The Morgan fingerprint density at radius 2 is 2.05 bits per heavy atom. The number of amides is 1. The van der Waals surface area contributed by atoms with E-state index in [1.54, 1.807) is 7.11 Å². The van der Waals surface area contributed by atoms with Crippen LogP contribution in [0.2, 0.25) is 0 Å². The maximum absolute atomic E-state index is 12.0. The van der Waals surface area contributed by atoms with Crippen molar-refractivity contribution in [2.45, 2.75) is 45.7 Å². The van der Waals surface area contributed by atoms with Crippen LogP contribution in [0.4, 0.5) is 0 Å². The summed E-state index contributed by atoms with van der Waals surface area (Å²) in [7, 11) is 1.55. The highest BCUT2D eigenvalue weighted by atomic mass is 16.5. The Morgan fingerprint density at radius 3 is 2.52 bits per heavy atom. The van der Waals surface area contributed by atoms with Crippen LogP contribution in [0.3, 0.4) is 0 Å². The molecule has 1 rings (SSSR count). The van der Waals surface area contributed by atoms with Gasteiger partial charge in [-0.3, -0.25) is 4.79 Å². The maximum atomic E-state index is 12.0. The molecule has 0 aliphatic carbocycles. The van der Waals surface area contributed by atoms with Gasteiger partial charge in [-0.2, -0.15) is 0 Å². The van der Waals surface area contributed by atoms with Crippen LogP contribution in [-0.2, 0) is 21.5 Å². The Labute approximate surface area is 123 Å². The van der Waals surface area contributed by atoms with E-state index >= 15 is 0 Å². The van der Waals surface area contributed by atoms with Gasteiger partial charge in [-0.05, 0) is 6.92 Å². The van der Waals surface area contributed by atoms with Crippen LogP contribution >= 0.6 is 0 Å². The van der Waals surface area contributed by atoms with Crippen LogP contribution in [0.25, 0.3) is 0 Å². The monoisotopic (exact) mass is 298 g/mol. The van der Waals surface area contributed by atoms with Gasteiger partial charge in [0.2, 0.25) is 5.91 Å². The molecule has 1 amide bonds. The Bertz CT molecular complexity index is 519. The molecule has 0 radical (unpaired) electrons. The molecule has 1 unspecified atom stereocenters. The van der Waals surface area contributed by atoms with E-state index in [-0.39, 0.29) is 24.2 Å². The summed E-state index contributed by atoms with van der Waals surface area (Å²) in [6.45, 7) is 7.67. The fourth-order valence-corrected chi connectivity index (χ4v) is 2.06. The summed E-state index contributed by atoms with van der Waals surface area (Å²) in [5, 5.41) is 19.4. The third kappa shape index (κ3) is 4.52. The standard InChI is InChI=1S/C13H22N4O4/c1-8(7-21-5)14-9(18)6-17-11(13(2,3)4)10(12(19)20)15-16-17/h8H,6-7H2,1-5H3,(H,14,18)(H,19,20). The molecule has 118 valence electrons. The summed E-state index contributed by atoms with van der Waals surface area (Å²) < 4.78 is 6.27. The first-order valence-electron chi connectivity index (χ1n) is 6.62. The van der Waals surface area contributed by atoms with Gasteiger partial charge in [0.05, 0.1) is 12.3 Å². The summed E-state index contributed by atoms with van der Waals surface area (Å²) >= 11 is 0. The minimum atomic E-state index is -1.15. The Kier molecular flexibility index (Phi) is 5.42. The van der Waals surface area contributed by atoms with Crippen molar-refractivity contribution in [3.63, 3.8) is 0 Å². The molecule has 0 aromatic carbocycles. The minimum absolute atomic E-state index is 0.0824. The van der Waals surface area contributed by atoms with Crippen molar-refractivity contribution in [1.82, 2.24) is 20.3 Å². The van der Waals surface area contributed by atoms with Crippen molar-refractivity contribution in [3.05, 3.63) is 11.4 Å². The van der Waals surface area contributed by atoms with Crippen molar-refractivity contribution < 1.29 is 19.4 Å². The number of nitrogens with one attached hydrogen (secondary N) is 1. The Morgan fingerprint density at radius 1 is 1.43 bits per heavy atom. The number of aromatic nitrogens is 3. The predicted molar refractivity (Wildman–Crippen MR) is 75.2 cm³/mol. The number of carboxylic acids is 1. The van der Waals surface area contributed by atoms with E-state index in [1.165, 1.54) is 4.68 Å². The van der Waals surface area contributed by atoms with Crippen molar-refractivity contribution in [2.75, 3.05) is 13.7 Å². The zero-order valence-electron chi connectivity index (χ0n) is 13.0. The number of ether oxygens (including phenoxy) is 1. The smallest absolute Gasteiger partial charge is 0.358 e. The fourth-order valence-electron chi connectivity index (χ4n) is 2.06. The van der Waals surface area contributed by atoms with Crippen molar-refractivity contribution in [1.29, 1.82) is 0 Å². The highest BCUT2D eigenvalue weighted by molar-refractivity contribution is 5.87. The third-order valence-electron chi connectivity index (χ3n) is 2.77. The fraction of sp³-hybridized carbons (Fsp3) is 0.692. The lowest BCUT2D eigenvalue weighted by Crippen LogP contribution is -2.38. The topological polar surface area (TPSA) is 106 Å². The van der Waals surface area contributed by atoms with Crippen LogP contribution in [0.15, 0.2) is 0 Å². The number of rotatable bonds is 6. The Balaban J connectivity index is 2.94. The maximum Gasteiger partial charge on any atom is 0.358 e. The molecule has 0 saturated carbocycles. The molecule has 0 spiro atoms. The first-order chi connectivity index (χ1) is 9.66. The van der Waals surface area contributed by atoms with Crippen LogP contribution in [0.5, 0.6) is 0 Å². The molecule has 2 N–H and O–H groups in total. The van der Waals surface area contributed by atoms with E-state index in [2.05, 4.69) is 15.6 Å². The van der Waals surface area contributed by atoms with Gasteiger partial charge in [0.1, 0.15) is 6.54 Å². The molecule has 0 bridgehead atoms. The molecule has 1 aromatic heterocycles. The highest BCUT2D eigenvalue weighted by Gasteiger charge is 2.29. The van der Waals surface area contributed by atoms with Gasteiger partial charge in [-0.25, -0.2) is 9.48 Å². The zero-order valence-corrected chi connectivity index (χ0v) is 13.0. The number of carbonyl (C=O) groups is 2. The lowest BCUT2D eigenvalue weighted by molar-refractivity contribution is -0.122. The van der Waals surface area contributed by atoms with E-state index in [0.29, 0.717) is 12.3 Å². The molecular formula is C13H22N4O4. The van der Waals surface area contributed by atoms with Gasteiger partial charge < -0.3 is 15.2 Å². The molecular weight excluding hydrogens is 276 g/mol. The second-order valence-corrected chi connectivity index (χ2v) is 5.92. The van der Waals surface area contributed by atoms with Gasteiger partial charge >= 0.3 is 5.97 Å². The quantitative estimate of drug-likeness (QED) is 0.788. The van der Waals surface area contributed by atoms with Gasteiger partial charge in [0.15, 0.2) is 5.69 Å². The van der Waals surface area contributed by atoms with E-state index in [9.17, 15) is 9.59 Å². The zero-order chi connectivity index (χ0) is 16.2. The van der Waals surface area contributed by atoms with Gasteiger partial charge in [-0.15, -0.1) is 5.10 Å². The highest BCUT2D eigenvalue weighted by Crippen LogP contribution is 2.24. The number of hydrogen-bond donors (Lipinski definition) is 2. The van der Waals surface area contributed by atoms with E-state index < -0.39 is 11.4 Å². The molecule has 1 atom stereocenters. The predicted octanol–water partition coefficient (Wildman–Crippen LogP) is 0.425. The molecule has 1 aromatic rings. The van der Waals surface area contributed by atoms with Gasteiger partial charge in [0, 0.05) is 18.6 Å². The number of hydrogen-bond acceptors (Lipinski definition) is 5. The average Bonchev–Trinajstić information content (AvgIpc) is 2.72. The summed E-state index contributed by atoms with van der Waals surface area (Å²) in [6.07, 6.45) is 0. The summed E-state index contributed by atoms with van der Waals surface area (Å²) in [6, 6.07) is -0.136. The molecule has 0 saturated heterocycles. The Hall–Kier alpha value is -1.96. The molecule has 21 heavy (non-hydrogen) atoms. The minimum Gasteiger partial charge on any atom is -0.476 e. The first kappa shape index (κ1) is 17.1. The van der Waals surface area contributed by atoms with E-state index in [1.807, 2.05) is 27.7 Å². The summed E-state index contributed by atoms with van der Waals surface area (Å²) in [5.74, 6) is -1.42. The second kappa shape index (κ2) is 6.66. The molecule has 0 fully saturated rings. The first-order valence-corrected chi connectivity index (χ1v) is 6.62. The molecule has 8 heteroatoms. The lowest BCUT2D eigenvalue weighted by atomic mass is 9.90. The molecule has 0 aliphatic heterocycles. The number of carbonyl (C=O) groups excluding carboxylic acids is 1. The van der Waals surface area contributed by atoms with Crippen LogP contribution < -0.4 is 5.32 Å². The summed E-state index contributed by atoms with van der Waals surface area (Å²) in [5.41, 5.74) is -0.194. The lowest BCUT2D eigenvalue weighted by Gasteiger charge is -2.20. The van der Waals surface area contributed by atoms with E-state index in [4.69, 9.17) is 9.84 Å². The normalized spacial score (nSPS) is 13.0. The molecule has 1 heterocycles. The number of nitrogens with zero attached hydrogens (tertiary/aromatic N) is 3. The largest absolute Gasteiger partial charge is 0.476 e. The summed E-state index contributed by atoms with van der Waals surface area (Å²) in [4.78, 5) is 23.2. The van der Waals surface area contributed by atoms with Crippen LogP contribution in [0.1, 0.15) is 43.9 Å².